The Bertz CT molecular complexity index is 529. The molecule has 0 bridgehead atoms. The normalized spacial score (nSPS) is 11.7. The second kappa shape index (κ2) is 7.47. The Hall–Kier alpha value is -1.31. The highest BCUT2D eigenvalue weighted by Gasteiger charge is 2.11. The van der Waals surface area contributed by atoms with E-state index < -0.39 is 10.2 Å². The van der Waals surface area contributed by atoms with Gasteiger partial charge < -0.3 is 9.47 Å². The SMILES string of the molecule is COc1ccc(CCNS(=O)(=O)NC(C)C)c(OC)c1. The Morgan fingerprint density at radius 1 is 1.20 bits per heavy atom. The topological polar surface area (TPSA) is 76.7 Å². The second-order valence-corrected chi connectivity index (χ2v) is 6.13. The third kappa shape index (κ3) is 5.36. The van der Waals surface area contributed by atoms with Crippen molar-refractivity contribution in [1.82, 2.24) is 9.44 Å². The summed E-state index contributed by atoms with van der Waals surface area (Å²) in [7, 11) is -0.293. The largest absolute Gasteiger partial charge is 0.497 e. The number of rotatable bonds is 8. The number of methoxy groups -OCH3 is 2. The lowest BCUT2D eigenvalue weighted by molar-refractivity contribution is 0.391. The van der Waals surface area contributed by atoms with E-state index in [2.05, 4.69) is 9.44 Å². The van der Waals surface area contributed by atoms with Crippen LogP contribution in [0.15, 0.2) is 18.2 Å². The molecule has 0 saturated carbocycles. The Morgan fingerprint density at radius 2 is 1.90 bits per heavy atom. The molecule has 1 aromatic rings. The number of ether oxygens (including phenoxy) is 2. The van der Waals surface area contributed by atoms with Gasteiger partial charge in [-0.05, 0) is 31.9 Å². The number of hydrogen-bond donors (Lipinski definition) is 2. The van der Waals surface area contributed by atoms with Gasteiger partial charge in [-0.2, -0.15) is 13.1 Å². The van der Waals surface area contributed by atoms with Gasteiger partial charge in [0.1, 0.15) is 11.5 Å². The molecule has 0 aromatic heterocycles. The summed E-state index contributed by atoms with van der Waals surface area (Å²) in [6.07, 6.45) is 0.534. The van der Waals surface area contributed by atoms with Crippen LogP contribution in [0.25, 0.3) is 0 Å². The Kier molecular flexibility index (Phi) is 6.25. The average Bonchev–Trinajstić information content (AvgIpc) is 2.37. The van der Waals surface area contributed by atoms with Crippen LogP contribution >= 0.6 is 0 Å². The zero-order chi connectivity index (χ0) is 15.2. The number of benzene rings is 1. The fraction of sp³-hybridized carbons (Fsp3) is 0.538. The van der Waals surface area contributed by atoms with Crippen molar-refractivity contribution in [3.8, 4) is 11.5 Å². The van der Waals surface area contributed by atoms with Gasteiger partial charge in [0.25, 0.3) is 10.2 Å². The van der Waals surface area contributed by atoms with Crippen LogP contribution < -0.4 is 18.9 Å². The lowest BCUT2D eigenvalue weighted by atomic mass is 10.1. The van der Waals surface area contributed by atoms with Gasteiger partial charge in [-0.3, -0.25) is 0 Å². The zero-order valence-corrected chi connectivity index (χ0v) is 13.1. The molecule has 1 aromatic carbocycles. The summed E-state index contributed by atoms with van der Waals surface area (Å²) in [6, 6.07) is 5.32. The summed E-state index contributed by atoms with van der Waals surface area (Å²) in [5.41, 5.74) is 0.917. The van der Waals surface area contributed by atoms with Gasteiger partial charge in [-0.25, -0.2) is 4.72 Å². The van der Waals surface area contributed by atoms with Crippen LogP contribution in [0.1, 0.15) is 19.4 Å². The predicted octanol–water partition coefficient (Wildman–Crippen LogP) is 1.08. The maximum Gasteiger partial charge on any atom is 0.277 e. The molecule has 7 heteroatoms. The van der Waals surface area contributed by atoms with Crippen molar-refractivity contribution in [3.63, 3.8) is 0 Å². The predicted molar refractivity (Wildman–Crippen MR) is 78.4 cm³/mol. The van der Waals surface area contributed by atoms with Gasteiger partial charge in [-0.15, -0.1) is 0 Å². The molecular formula is C13H22N2O4S. The first-order valence-corrected chi connectivity index (χ1v) is 7.84. The molecule has 0 aliphatic carbocycles. The first-order valence-electron chi connectivity index (χ1n) is 6.35. The van der Waals surface area contributed by atoms with Gasteiger partial charge in [0.15, 0.2) is 0 Å². The van der Waals surface area contributed by atoms with Crippen molar-refractivity contribution in [3.05, 3.63) is 23.8 Å². The third-order valence-corrected chi connectivity index (χ3v) is 3.94. The molecule has 0 radical (unpaired) electrons. The van der Waals surface area contributed by atoms with Crippen LogP contribution in [-0.2, 0) is 16.6 Å². The third-order valence-electron chi connectivity index (χ3n) is 2.57. The fourth-order valence-electron chi connectivity index (χ4n) is 1.73. The summed E-state index contributed by atoms with van der Waals surface area (Å²) < 4.78 is 38.6. The molecular weight excluding hydrogens is 280 g/mol. The molecule has 0 spiro atoms. The van der Waals surface area contributed by atoms with Gasteiger partial charge in [0, 0.05) is 18.7 Å². The fourth-order valence-corrected chi connectivity index (χ4v) is 2.81. The lowest BCUT2D eigenvalue weighted by Crippen LogP contribution is -2.41. The van der Waals surface area contributed by atoms with E-state index in [-0.39, 0.29) is 6.04 Å². The van der Waals surface area contributed by atoms with Gasteiger partial charge in [-0.1, -0.05) is 6.07 Å². The first kappa shape index (κ1) is 16.7. The van der Waals surface area contributed by atoms with E-state index >= 15 is 0 Å². The number of hydrogen-bond acceptors (Lipinski definition) is 4. The highest BCUT2D eigenvalue weighted by molar-refractivity contribution is 7.87. The van der Waals surface area contributed by atoms with Crippen molar-refractivity contribution >= 4 is 10.2 Å². The minimum atomic E-state index is -3.45. The summed E-state index contributed by atoms with van der Waals surface area (Å²) in [5.74, 6) is 1.38. The van der Waals surface area contributed by atoms with Crippen molar-refractivity contribution in [2.24, 2.45) is 0 Å². The Labute approximate surface area is 120 Å². The van der Waals surface area contributed by atoms with Crippen molar-refractivity contribution in [2.75, 3.05) is 20.8 Å². The van der Waals surface area contributed by atoms with E-state index in [4.69, 9.17) is 9.47 Å². The summed E-state index contributed by atoms with van der Waals surface area (Å²) in [6.45, 7) is 3.84. The smallest absolute Gasteiger partial charge is 0.277 e. The monoisotopic (exact) mass is 302 g/mol. The molecule has 6 nitrogen and oxygen atoms in total. The summed E-state index contributed by atoms with van der Waals surface area (Å²) in [5, 5.41) is 0. The second-order valence-electron chi connectivity index (χ2n) is 4.60. The van der Waals surface area contributed by atoms with Gasteiger partial charge in [0.05, 0.1) is 14.2 Å². The van der Waals surface area contributed by atoms with Gasteiger partial charge in [0.2, 0.25) is 0 Å². The minimum absolute atomic E-state index is 0.136. The molecule has 2 N–H and O–H groups in total. The van der Waals surface area contributed by atoms with Crippen molar-refractivity contribution < 1.29 is 17.9 Å². The zero-order valence-electron chi connectivity index (χ0n) is 12.3. The molecule has 0 unspecified atom stereocenters. The van der Waals surface area contributed by atoms with Crippen LogP contribution in [0.5, 0.6) is 11.5 Å². The van der Waals surface area contributed by atoms with E-state index in [9.17, 15) is 8.42 Å². The first-order chi connectivity index (χ1) is 9.38. The average molecular weight is 302 g/mol. The molecule has 0 atom stereocenters. The number of nitrogens with one attached hydrogen (secondary N) is 2. The van der Waals surface area contributed by atoms with Crippen LogP contribution in [0.3, 0.4) is 0 Å². The van der Waals surface area contributed by atoms with Crippen LogP contribution in [0.2, 0.25) is 0 Å². The van der Waals surface area contributed by atoms with Crippen LogP contribution in [0.4, 0.5) is 0 Å². The summed E-state index contributed by atoms with van der Waals surface area (Å²) >= 11 is 0. The van der Waals surface area contributed by atoms with Crippen LogP contribution in [-0.4, -0.2) is 35.2 Å². The maximum absolute atomic E-state index is 11.6. The van der Waals surface area contributed by atoms with Crippen molar-refractivity contribution in [1.29, 1.82) is 0 Å². The highest BCUT2D eigenvalue weighted by atomic mass is 32.2. The van der Waals surface area contributed by atoms with E-state index in [1.807, 2.05) is 12.1 Å². The standard InChI is InChI=1S/C13H22N2O4S/c1-10(2)15-20(16,17)14-8-7-11-5-6-12(18-3)9-13(11)19-4/h5-6,9-10,14-15H,7-8H2,1-4H3. The molecule has 0 aliphatic heterocycles. The highest BCUT2D eigenvalue weighted by Crippen LogP contribution is 2.24. The summed E-state index contributed by atoms with van der Waals surface area (Å²) in [4.78, 5) is 0. The quantitative estimate of drug-likeness (QED) is 0.753. The van der Waals surface area contributed by atoms with E-state index in [0.29, 0.717) is 24.5 Å². The van der Waals surface area contributed by atoms with Crippen molar-refractivity contribution in [2.45, 2.75) is 26.3 Å². The molecule has 0 saturated heterocycles. The molecule has 20 heavy (non-hydrogen) atoms. The Morgan fingerprint density at radius 3 is 2.45 bits per heavy atom. The van der Waals surface area contributed by atoms with E-state index in [0.717, 1.165) is 5.56 Å². The molecule has 0 fully saturated rings. The molecule has 0 heterocycles. The lowest BCUT2D eigenvalue weighted by Gasteiger charge is -2.12. The Balaban J connectivity index is 2.62. The van der Waals surface area contributed by atoms with Crippen LogP contribution in [0, 0.1) is 0 Å². The van der Waals surface area contributed by atoms with Gasteiger partial charge >= 0.3 is 0 Å². The minimum Gasteiger partial charge on any atom is -0.497 e. The van der Waals surface area contributed by atoms with E-state index in [1.54, 1.807) is 34.1 Å². The maximum atomic E-state index is 11.6. The molecule has 1 rings (SSSR count). The molecule has 0 aliphatic rings. The molecule has 114 valence electrons. The van der Waals surface area contributed by atoms with E-state index in [1.165, 1.54) is 0 Å². The molecule has 0 amide bonds.